The van der Waals surface area contributed by atoms with Gasteiger partial charge in [0.05, 0.1) is 21.9 Å². The van der Waals surface area contributed by atoms with Gasteiger partial charge in [-0.2, -0.15) is 0 Å². The average Bonchev–Trinajstić information content (AvgIpc) is 3.33. The summed E-state index contributed by atoms with van der Waals surface area (Å²) in [5.74, 6) is -2.79. The highest BCUT2D eigenvalue weighted by Gasteiger charge is 2.67. The third-order valence-electron chi connectivity index (χ3n) is 6.30. The molecule has 1 aromatic rings. The molecule has 0 spiro atoms. The Bertz CT molecular complexity index is 945. The number of anilines is 1. The van der Waals surface area contributed by atoms with Gasteiger partial charge in [0.25, 0.3) is 5.91 Å². The van der Waals surface area contributed by atoms with Crippen molar-refractivity contribution in [3.05, 3.63) is 28.2 Å². The molecule has 0 radical (unpaired) electrons. The molecule has 1 aliphatic heterocycles. The fourth-order valence-corrected chi connectivity index (χ4v) is 7.06. The minimum Gasteiger partial charge on any atom is -0.454 e. The molecule has 1 heterocycles. The standard InChI is InChI=1S/C20H18Br2Cl2N2O5/c1-7(20(30)31-6-13(27)25-8-2-3-11(23)12(24)4-8)26-18(28)14-9-5-10(15(14)19(26)29)17(22)16(9)21/h2-4,7,9-10,14-17H,5-6H2,1H3,(H,25,27)/t7-,9-,10-,14-,15-,16+,17+/m1/s1. The smallest absolute Gasteiger partial charge is 0.329 e. The van der Waals surface area contributed by atoms with Crippen molar-refractivity contribution in [3.63, 3.8) is 0 Å². The van der Waals surface area contributed by atoms with Crippen LogP contribution in [0.25, 0.3) is 0 Å². The first-order chi connectivity index (χ1) is 14.6. The average molecular weight is 597 g/mol. The summed E-state index contributed by atoms with van der Waals surface area (Å²) < 4.78 is 5.06. The highest BCUT2D eigenvalue weighted by atomic mass is 79.9. The summed E-state index contributed by atoms with van der Waals surface area (Å²) >= 11 is 19.0. The molecule has 2 saturated carbocycles. The number of nitrogens with one attached hydrogen (secondary N) is 1. The quantitative estimate of drug-likeness (QED) is 0.318. The predicted octanol–water partition coefficient (Wildman–Crippen LogP) is 3.64. The molecular formula is C20H18Br2Cl2N2O5. The number of rotatable bonds is 5. The second-order valence-corrected chi connectivity index (χ2v) is 10.9. The zero-order valence-corrected chi connectivity index (χ0v) is 20.9. The van der Waals surface area contributed by atoms with Crippen molar-refractivity contribution in [3.8, 4) is 0 Å². The lowest BCUT2D eigenvalue weighted by Gasteiger charge is -2.28. The highest BCUT2D eigenvalue weighted by molar-refractivity contribution is 9.12. The van der Waals surface area contributed by atoms with Gasteiger partial charge in [0.2, 0.25) is 11.8 Å². The summed E-state index contributed by atoms with van der Waals surface area (Å²) in [6.45, 7) is 0.875. The highest BCUT2D eigenvalue weighted by Crippen LogP contribution is 2.60. The van der Waals surface area contributed by atoms with Crippen LogP contribution in [0.5, 0.6) is 0 Å². The van der Waals surface area contributed by atoms with Crippen LogP contribution in [-0.4, -0.2) is 50.9 Å². The molecule has 2 aliphatic carbocycles. The Labute approximate surface area is 205 Å². The number of fused-ring (bicyclic) bond motifs is 5. The number of alkyl halides is 2. The lowest BCUT2D eigenvalue weighted by atomic mass is 9.81. The molecule has 166 valence electrons. The first-order valence-corrected chi connectivity index (χ1v) is 12.3. The van der Waals surface area contributed by atoms with Gasteiger partial charge in [0.15, 0.2) is 6.61 Å². The molecule has 4 rings (SSSR count). The number of hydrogen-bond donors (Lipinski definition) is 1. The molecule has 7 atom stereocenters. The van der Waals surface area contributed by atoms with Gasteiger partial charge in [-0.25, -0.2) is 4.79 Å². The first kappa shape index (κ1) is 23.0. The first-order valence-electron chi connectivity index (χ1n) is 9.68. The van der Waals surface area contributed by atoms with Crippen molar-refractivity contribution in [1.82, 2.24) is 4.90 Å². The summed E-state index contributed by atoms with van der Waals surface area (Å²) in [7, 11) is 0. The number of nitrogens with zero attached hydrogens (tertiary/aromatic N) is 1. The van der Waals surface area contributed by atoms with Gasteiger partial charge < -0.3 is 10.1 Å². The number of ether oxygens (including phenoxy) is 1. The Morgan fingerprint density at radius 3 is 2.26 bits per heavy atom. The SMILES string of the molecule is C[C@H](C(=O)OCC(=O)Nc1ccc(Cl)c(Cl)c1)N1C(=O)[C@@H]2[C@H]3C[C@@H]([C@H](Br)[C@H]3Br)[C@H]2C1=O. The Hall–Kier alpha value is -1.16. The summed E-state index contributed by atoms with van der Waals surface area (Å²) in [4.78, 5) is 51.8. The van der Waals surface area contributed by atoms with Gasteiger partial charge in [0.1, 0.15) is 6.04 Å². The van der Waals surface area contributed by atoms with Gasteiger partial charge in [-0.15, -0.1) is 0 Å². The van der Waals surface area contributed by atoms with Gasteiger partial charge in [0, 0.05) is 15.3 Å². The molecule has 3 fully saturated rings. The molecule has 31 heavy (non-hydrogen) atoms. The third-order valence-corrected chi connectivity index (χ3v) is 10.2. The van der Waals surface area contributed by atoms with Crippen molar-refractivity contribution in [2.75, 3.05) is 11.9 Å². The van der Waals surface area contributed by atoms with Crippen molar-refractivity contribution in [1.29, 1.82) is 0 Å². The summed E-state index contributed by atoms with van der Waals surface area (Å²) in [5.41, 5.74) is 0.394. The van der Waals surface area contributed by atoms with Crippen LogP contribution >= 0.6 is 55.1 Å². The topological polar surface area (TPSA) is 92.8 Å². The number of likely N-dealkylation sites (tertiary alicyclic amines) is 1. The van der Waals surface area contributed by atoms with E-state index in [1.165, 1.54) is 19.1 Å². The number of amides is 3. The molecule has 11 heteroatoms. The van der Waals surface area contributed by atoms with Crippen LogP contribution in [-0.2, 0) is 23.9 Å². The van der Waals surface area contributed by atoms with Crippen LogP contribution in [0.2, 0.25) is 10.0 Å². The zero-order valence-electron chi connectivity index (χ0n) is 16.2. The number of hydrogen-bond acceptors (Lipinski definition) is 5. The van der Waals surface area contributed by atoms with E-state index in [1.807, 2.05) is 0 Å². The van der Waals surface area contributed by atoms with E-state index in [0.29, 0.717) is 10.7 Å². The fraction of sp³-hybridized carbons (Fsp3) is 0.500. The predicted molar refractivity (Wildman–Crippen MR) is 121 cm³/mol. The number of esters is 1. The fourth-order valence-electron chi connectivity index (χ4n) is 4.89. The van der Waals surface area contributed by atoms with Crippen LogP contribution < -0.4 is 5.32 Å². The maximum absolute atomic E-state index is 13.0. The van der Waals surface area contributed by atoms with E-state index in [4.69, 9.17) is 27.9 Å². The van der Waals surface area contributed by atoms with E-state index < -0.39 is 36.4 Å². The van der Waals surface area contributed by atoms with E-state index in [1.54, 1.807) is 6.07 Å². The largest absolute Gasteiger partial charge is 0.454 e. The van der Waals surface area contributed by atoms with E-state index in [-0.39, 0.29) is 38.3 Å². The molecule has 1 N–H and O–H groups in total. The van der Waals surface area contributed by atoms with E-state index in [9.17, 15) is 19.2 Å². The van der Waals surface area contributed by atoms with Gasteiger partial charge >= 0.3 is 5.97 Å². The second kappa shape index (κ2) is 8.65. The van der Waals surface area contributed by atoms with Crippen LogP contribution in [0.3, 0.4) is 0 Å². The Kier molecular flexibility index (Phi) is 6.42. The van der Waals surface area contributed by atoms with Crippen molar-refractivity contribution < 1.29 is 23.9 Å². The van der Waals surface area contributed by atoms with Crippen LogP contribution in [0.1, 0.15) is 13.3 Å². The number of carbonyl (C=O) groups excluding carboxylic acids is 4. The Morgan fingerprint density at radius 2 is 1.71 bits per heavy atom. The third kappa shape index (κ3) is 3.92. The molecule has 1 saturated heterocycles. The molecule has 1 aromatic carbocycles. The molecular weight excluding hydrogens is 579 g/mol. The Balaban J connectivity index is 1.36. The van der Waals surface area contributed by atoms with Crippen LogP contribution in [0, 0.1) is 23.7 Å². The van der Waals surface area contributed by atoms with Gasteiger partial charge in [-0.3, -0.25) is 19.3 Å². The van der Waals surface area contributed by atoms with Crippen molar-refractivity contribution >= 4 is 84.4 Å². The number of halogens is 4. The lowest BCUT2D eigenvalue weighted by molar-refractivity contribution is -0.159. The van der Waals surface area contributed by atoms with E-state index >= 15 is 0 Å². The second-order valence-electron chi connectivity index (χ2n) is 8.01. The molecule has 3 aliphatic rings. The number of benzene rings is 1. The maximum atomic E-state index is 13.0. The molecule has 3 amide bonds. The van der Waals surface area contributed by atoms with Crippen LogP contribution in [0.15, 0.2) is 18.2 Å². The van der Waals surface area contributed by atoms with E-state index in [0.717, 1.165) is 11.3 Å². The van der Waals surface area contributed by atoms with Crippen LogP contribution in [0.4, 0.5) is 5.69 Å². The number of imide groups is 1. The normalized spacial score (nSPS) is 32.2. The number of carbonyl (C=O) groups is 4. The minimum atomic E-state index is -1.11. The molecule has 2 bridgehead atoms. The lowest BCUT2D eigenvalue weighted by Crippen LogP contribution is -2.45. The summed E-state index contributed by atoms with van der Waals surface area (Å²) in [5, 5.41) is 3.15. The summed E-state index contributed by atoms with van der Waals surface area (Å²) in [6.07, 6.45) is 0.806. The van der Waals surface area contributed by atoms with Crippen molar-refractivity contribution in [2.24, 2.45) is 23.7 Å². The summed E-state index contributed by atoms with van der Waals surface area (Å²) in [6, 6.07) is 3.44. The minimum absolute atomic E-state index is 0.0565. The zero-order chi connectivity index (χ0) is 22.6. The van der Waals surface area contributed by atoms with Gasteiger partial charge in [-0.05, 0) is 43.4 Å². The Morgan fingerprint density at radius 1 is 1.13 bits per heavy atom. The van der Waals surface area contributed by atoms with E-state index in [2.05, 4.69) is 37.2 Å². The molecule has 0 aromatic heterocycles. The molecule has 0 unspecified atom stereocenters. The molecule has 7 nitrogen and oxygen atoms in total. The monoisotopic (exact) mass is 594 g/mol. The van der Waals surface area contributed by atoms with Gasteiger partial charge in [-0.1, -0.05) is 55.1 Å². The van der Waals surface area contributed by atoms with Crippen molar-refractivity contribution in [2.45, 2.75) is 29.0 Å². The maximum Gasteiger partial charge on any atom is 0.329 e.